The van der Waals surface area contributed by atoms with E-state index in [-0.39, 0.29) is 0 Å². The number of nitrogens with zero attached hydrogens (tertiary/aromatic N) is 2. The highest BCUT2D eigenvalue weighted by molar-refractivity contribution is 5.80. The second kappa shape index (κ2) is 1.84. The molecule has 2 heteroatoms. The van der Waals surface area contributed by atoms with E-state index in [1.165, 1.54) is 10.8 Å². The minimum atomic E-state index is 1.20. The maximum absolute atomic E-state index is 4.01. The average Bonchev–Trinajstić information content (AvgIpc) is 2.27. The molecule has 0 saturated carbocycles. The predicted molar refractivity (Wildman–Crippen MR) is 40.7 cm³/mol. The Hall–Kier alpha value is -1.31. The summed E-state index contributed by atoms with van der Waals surface area (Å²) in [6, 6.07) is 2.01. The van der Waals surface area contributed by atoms with Crippen LogP contribution in [0.5, 0.6) is 0 Å². The second-order valence-electron chi connectivity index (χ2n) is 2.43. The van der Waals surface area contributed by atoms with Crippen LogP contribution in [0.1, 0.15) is 0 Å². The van der Waals surface area contributed by atoms with Gasteiger partial charge in [0.2, 0.25) is 0 Å². The maximum Gasteiger partial charge on any atom is 0.0361 e. The fraction of sp³-hybridized carbons (Fsp3) is 0.125. The molecule has 2 nitrogen and oxygen atoms in total. The lowest BCUT2D eigenvalue weighted by atomic mass is 10.3. The van der Waals surface area contributed by atoms with Crippen LogP contribution in [-0.4, -0.2) is 9.55 Å². The van der Waals surface area contributed by atoms with E-state index < -0.39 is 0 Å². The van der Waals surface area contributed by atoms with E-state index in [0.717, 1.165) is 0 Å². The van der Waals surface area contributed by atoms with Gasteiger partial charge in [0.1, 0.15) is 0 Å². The molecule has 0 atom stereocenters. The van der Waals surface area contributed by atoms with E-state index in [9.17, 15) is 0 Å². The molecule has 0 aliphatic carbocycles. The minimum Gasteiger partial charge on any atom is -0.356 e. The largest absolute Gasteiger partial charge is 0.356 e. The Morgan fingerprint density at radius 2 is 2.10 bits per heavy atom. The van der Waals surface area contributed by atoms with Gasteiger partial charge in [0.05, 0.1) is 0 Å². The summed E-state index contributed by atoms with van der Waals surface area (Å²) in [6.07, 6.45) is 7.82. The smallest absolute Gasteiger partial charge is 0.0361 e. The topological polar surface area (TPSA) is 17.8 Å². The Labute approximate surface area is 59.1 Å². The highest BCUT2D eigenvalue weighted by Crippen LogP contribution is 2.10. The molecule has 0 aromatic carbocycles. The normalized spacial score (nSPS) is 10.5. The molecule has 0 N–H and O–H groups in total. The van der Waals surface area contributed by atoms with Crippen LogP contribution >= 0.6 is 0 Å². The molecular weight excluding hydrogens is 124 g/mol. The number of hydrogen-bond acceptors (Lipinski definition) is 1. The van der Waals surface area contributed by atoms with Gasteiger partial charge in [-0.25, -0.2) is 0 Å². The first-order valence-electron chi connectivity index (χ1n) is 3.22. The molecule has 10 heavy (non-hydrogen) atoms. The summed E-state index contributed by atoms with van der Waals surface area (Å²) >= 11 is 0. The Bertz CT molecular complexity index is 316. The van der Waals surface area contributed by atoms with Crippen LogP contribution in [0.3, 0.4) is 0 Å². The molecule has 2 aromatic rings. The molecule has 2 aromatic heterocycles. The number of aryl methyl sites for hydroxylation is 1. The molecule has 0 unspecified atom stereocenters. The third kappa shape index (κ3) is 0.692. The lowest BCUT2D eigenvalue weighted by Crippen LogP contribution is -1.76. The highest BCUT2D eigenvalue weighted by atomic mass is 14.9. The molecule has 0 radical (unpaired) electrons. The van der Waals surface area contributed by atoms with Crippen LogP contribution < -0.4 is 0 Å². The third-order valence-electron chi connectivity index (χ3n) is 1.57. The molecule has 0 aliphatic heterocycles. The van der Waals surface area contributed by atoms with Gasteiger partial charge in [-0.2, -0.15) is 0 Å². The van der Waals surface area contributed by atoms with Gasteiger partial charge in [0, 0.05) is 42.6 Å². The SMILES string of the molecule is Cn1cc2ccncc2c1. The van der Waals surface area contributed by atoms with Crippen LogP contribution in [0.2, 0.25) is 0 Å². The molecule has 50 valence electrons. The summed E-state index contributed by atoms with van der Waals surface area (Å²) in [5, 5.41) is 2.45. The third-order valence-corrected chi connectivity index (χ3v) is 1.57. The number of hydrogen-bond donors (Lipinski definition) is 0. The number of pyridine rings is 1. The van der Waals surface area contributed by atoms with Crippen molar-refractivity contribution in [1.82, 2.24) is 9.55 Å². The van der Waals surface area contributed by atoms with Gasteiger partial charge >= 0.3 is 0 Å². The van der Waals surface area contributed by atoms with Crippen molar-refractivity contribution in [3.8, 4) is 0 Å². The summed E-state index contributed by atoms with van der Waals surface area (Å²) in [5.41, 5.74) is 0. The molecule has 2 rings (SSSR count). The summed E-state index contributed by atoms with van der Waals surface area (Å²) < 4.78 is 2.03. The van der Waals surface area contributed by atoms with Crippen molar-refractivity contribution in [2.75, 3.05) is 0 Å². The monoisotopic (exact) mass is 132 g/mol. The van der Waals surface area contributed by atoms with E-state index in [1.54, 1.807) is 0 Å². The Morgan fingerprint density at radius 1 is 1.30 bits per heavy atom. The Morgan fingerprint density at radius 3 is 2.90 bits per heavy atom. The van der Waals surface area contributed by atoms with Crippen molar-refractivity contribution in [3.05, 3.63) is 30.9 Å². The van der Waals surface area contributed by atoms with E-state index >= 15 is 0 Å². The predicted octanol–water partition coefficient (Wildman–Crippen LogP) is 1.57. The van der Waals surface area contributed by atoms with E-state index in [0.29, 0.717) is 0 Å². The average molecular weight is 132 g/mol. The molecule has 0 amide bonds. The van der Waals surface area contributed by atoms with Crippen LogP contribution in [0, 0.1) is 0 Å². The Kier molecular flexibility index (Phi) is 1.01. The standard InChI is InChI=1S/C8H8N2/c1-10-5-7-2-3-9-4-8(7)6-10/h2-6H,1H3. The van der Waals surface area contributed by atoms with Crippen molar-refractivity contribution in [3.63, 3.8) is 0 Å². The lowest BCUT2D eigenvalue weighted by molar-refractivity contribution is 0.933. The van der Waals surface area contributed by atoms with Crippen molar-refractivity contribution < 1.29 is 0 Å². The first-order chi connectivity index (χ1) is 4.86. The zero-order valence-electron chi connectivity index (χ0n) is 5.78. The van der Waals surface area contributed by atoms with Crippen molar-refractivity contribution in [2.45, 2.75) is 0 Å². The molecule has 2 heterocycles. The van der Waals surface area contributed by atoms with Gasteiger partial charge in [-0.15, -0.1) is 0 Å². The summed E-state index contributed by atoms with van der Waals surface area (Å²) in [5.74, 6) is 0. The van der Waals surface area contributed by atoms with Gasteiger partial charge in [0.25, 0.3) is 0 Å². The molecular formula is C8H8N2. The second-order valence-corrected chi connectivity index (χ2v) is 2.43. The quantitative estimate of drug-likeness (QED) is 0.532. The van der Waals surface area contributed by atoms with Crippen molar-refractivity contribution >= 4 is 10.8 Å². The van der Waals surface area contributed by atoms with Crippen LogP contribution in [0.25, 0.3) is 10.8 Å². The highest BCUT2D eigenvalue weighted by Gasteiger charge is 1.91. The lowest BCUT2D eigenvalue weighted by Gasteiger charge is -1.81. The first-order valence-corrected chi connectivity index (χ1v) is 3.22. The van der Waals surface area contributed by atoms with Gasteiger partial charge in [-0.1, -0.05) is 0 Å². The molecule has 0 bridgehead atoms. The van der Waals surface area contributed by atoms with Crippen LogP contribution in [-0.2, 0) is 7.05 Å². The molecule has 0 saturated heterocycles. The summed E-state index contributed by atoms with van der Waals surface area (Å²) in [4.78, 5) is 4.01. The molecule has 0 aliphatic rings. The zero-order chi connectivity index (χ0) is 6.97. The number of aromatic nitrogens is 2. The van der Waals surface area contributed by atoms with Gasteiger partial charge in [-0.3, -0.25) is 4.98 Å². The zero-order valence-corrected chi connectivity index (χ0v) is 5.78. The summed E-state index contributed by atoms with van der Waals surface area (Å²) in [6.45, 7) is 0. The van der Waals surface area contributed by atoms with E-state index in [2.05, 4.69) is 17.4 Å². The molecule has 0 spiro atoms. The van der Waals surface area contributed by atoms with E-state index in [1.807, 2.05) is 30.1 Å². The minimum absolute atomic E-state index is 1.20. The van der Waals surface area contributed by atoms with Crippen LogP contribution in [0.4, 0.5) is 0 Å². The van der Waals surface area contributed by atoms with Crippen molar-refractivity contribution in [2.24, 2.45) is 7.05 Å². The Balaban J connectivity index is 2.88. The maximum atomic E-state index is 4.01. The number of rotatable bonds is 0. The van der Waals surface area contributed by atoms with E-state index in [4.69, 9.17) is 0 Å². The van der Waals surface area contributed by atoms with Gasteiger partial charge < -0.3 is 4.57 Å². The van der Waals surface area contributed by atoms with Crippen molar-refractivity contribution in [1.29, 1.82) is 0 Å². The van der Waals surface area contributed by atoms with Crippen LogP contribution in [0.15, 0.2) is 30.9 Å². The summed E-state index contributed by atoms with van der Waals surface area (Å²) in [7, 11) is 2.01. The number of fused-ring (bicyclic) bond motifs is 1. The first kappa shape index (κ1) is 5.47. The van der Waals surface area contributed by atoms with Gasteiger partial charge in [-0.05, 0) is 6.07 Å². The van der Waals surface area contributed by atoms with Gasteiger partial charge in [0.15, 0.2) is 0 Å². The fourth-order valence-corrected chi connectivity index (χ4v) is 1.12. The fourth-order valence-electron chi connectivity index (χ4n) is 1.12. The molecule has 0 fully saturated rings.